The van der Waals surface area contributed by atoms with Gasteiger partial charge in [0.1, 0.15) is 0 Å². The van der Waals surface area contributed by atoms with Gasteiger partial charge in [-0.15, -0.1) is 0 Å². The Morgan fingerprint density at radius 2 is 2.44 bits per heavy atom. The number of thiocarbonyl (C=S) groups is 1. The maximum absolute atomic E-state index is 11.4. The lowest BCUT2D eigenvalue weighted by atomic mass is 10.1. The summed E-state index contributed by atoms with van der Waals surface area (Å²) < 4.78 is 1.82. The Hall–Kier alpha value is -1.43. The van der Waals surface area contributed by atoms with Crippen molar-refractivity contribution in [1.82, 2.24) is 15.1 Å². The van der Waals surface area contributed by atoms with Crippen LogP contribution in [0, 0.1) is 5.92 Å². The summed E-state index contributed by atoms with van der Waals surface area (Å²) in [5.41, 5.74) is 5.37. The Morgan fingerprint density at radius 3 is 3.00 bits per heavy atom. The highest BCUT2D eigenvalue weighted by Crippen LogP contribution is 1.95. The number of hydrogen-bond donors (Lipinski definition) is 2. The minimum Gasteiger partial charge on any atom is -0.393 e. The summed E-state index contributed by atoms with van der Waals surface area (Å²) in [5, 5.41) is 6.84. The molecular weight excluding hydrogens is 224 g/mol. The fraction of sp³-hybridized carbons (Fsp3) is 0.500. The van der Waals surface area contributed by atoms with E-state index in [9.17, 15) is 4.79 Å². The molecule has 0 aliphatic carbocycles. The largest absolute Gasteiger partial charge is 0.393 e. The molecule has 88 valence electrons. The van der Waals surface area contributed by atoms with Crippen LogP contribution in [-0.2, 0) is 11.3 Å². The van der Waals surface area contributed by atoms with E-state index in [1.54, 1.807) is 13.1 Å². The van der Waals surface area contributed by atoms with Crippen LogP contribution in [0.5, 0.6) is 0 Å². The number of hydrogen-bond acceptors (Lipinski definition) is 3. The lowest BCUT2D eigenvalue weighted by Crippen LogP contribution is -2.36. The van der Waals surface area contributed by atoms with Crippen LogP contribution in [-0.4, -0.2) is 27.2 Å². The van der Waals surface area contributed by atoms with Crippen molar-refractivity contribution in [2.45, 2.75) is 19.9 Å². The van der Waals surface area contributed by atoms with Crippen LogP contribution in [0.2, 0.25) is 0 Å². The van der Waals surface area contributed by atoms with Crippen LogP contribution in [0.1, 0.15) is 13.3 Å². The molecular formula is C10H16N4OS. The minimum absolute atomic E-state index is 0.118. The first-order chi connectivity index (χ1) is 7.61. The van der Waals surface area contributed by atoms with Gasteiger partial charge >= 0.3 is 0 Å². The molecule has 0 bridgehead atoms. The third kappa shape index (κ3) is 3.98. The van der Waals surface area contributed by atoms with E-state index in [1.165, 1.54) is 0 Å². The fourth-order valence-electron chi connectivity index (χ4n) is 1.17. The maximum atomic E-state index is 11.4. The first-order valence-corrected chi connectivity index (χ1v) is 5.56. The molecule has 1 aromatic heterocycles. The van der Waals surface area contributed by atoms with Gasteiger partial charge in [0.25, 0.3) is 0 Å². The van der Waals surface area contributed by atoms with Gasteiger partial charge in [0, 0.05) is 25.5 Å². The molecule has 6 heteroatoms. The summed E-state index contributed by atoms with van der Waals surface area (Å²) in [7, 11) is 0. The van der Waals surface area contributed by atoms with Crippen molar-refractivity contribution in [1.29, 1.82) is 0 Å². The minimum atomic E-state index is -0.403. The molecule has 5 nitrogen and oxygen atoms in total. The van der Waals surface area contributed by atoms with Gasteiger partial charge in [-0.2, -0.15) is 5.10 Å². The van der Waals surface area contributed by atoms with Crippen LogP contribution < -0.4 is 11.1 Å². The summed E-state index contributed by atoms with van der Waals surface area (Å²) in [6.45, 7) is 3.09. The Labute approximate surface area is 100 Å². The van der Waals surface area contributed by atoms with Crippen molar-refractivity contribution >= 4 is 23.1 Å². The van der Waals surface area contributed by atoms with E-state index in [0.717, 1.165) is 13.0 Å². The number of aromatic nitrogens is 2. The van der Waals surface area contributed by atoms with E-state index in [0.29, 0.717) is 6.54 Å². The molecule has 1 atom stereocenters. The van der Waals surface area contributed by atoms with Gasteiger partial charge < -0.3 is 11.1 Å². The number of amides is 1. The van der Waals surface area contributed by atoms with Crippen molar-refractivity contribution in [3.05, 3.63) is 18.5 Å². The quantitative estimate of drug-likeness (QED) is 0.554. The Balaban J connectivity index is 2.16. The van der Waals surface area contributed by atoms with Crippen LogP contribution in [0.3, 0.4) is 0 Å². The zero-order chi connectivity index (χ0) is 12.0. The number of nitrogens with zero attached hydrogens (tertiary/aromatic N) is 2. The topological polar surface area (TPSA) is 72.9 Å². The van der Waals surface area contributed by atoms with Crippen molar-refractivity contribution in [3.63, 3.8) is 0 Å². The number of aryl methyl sites for hydroxylation is 1. The van der Waals surface area contributed by atoms with E-state index < -0.39 is 5.92 Å². The zero-order valence-corrected chi connectivity index (χ0v) is 10.0. The second kappa shape index (κ2) is 6.22. The highest BCUT2D eigenvalue weighted by molar-refractivity contribution is 7.80. The van der Waals surface area contributed by atoms with E-state index in [4.69, 9.17) is 18.0 Å². The highest BCUT2D eigenvalue weighted by Gasteiger charge is 2.14. The van der Waals surface area contributed by atoms with Gasteiger partial charge in [0.2, 0.25) is 5.91 Å². The monoisotopic (exact) mass is 240 g/mol. The van der Waals surface area contributed by atoms with Gasteiger partial charge in [0.15, 0.2) is 0 Å². The maximum Gasteiger partial charge on any atom is 0.229 e. The average molecular weight is 240 g/mol. The smallest absolute Gasteiger partial charge is 0.229 e. The summed E-state index contributed by atoms with van der Waals surface area (Å²) >= 11 is 4.74. The number of carbonyl (C=O) groups excluding carboxylic acids is 1. The zero-order valence-electron chi connectivity index (χ0n) is 9.22. The summed E-state index contributed by atoms with van der Waals surface area (Å²) in [6.07, 6.45) is 4.45. The summed E-state index contributed by atoms with van der Waals surface area (Å²) in [4.78, 5) is 11.7. The molecule has 1 rings (SSSR count). The molecule has 0 spiro atoms. The van der Waals surface area contributed by atoms with Crippen molar-refractivity contribution in [2.24, 2.45) is 11.7 Å². The van der Waals surface area contributed by atoms with Gasteiger partial charge in [-0.25, -0.2) is 0 Å². The summed E-state index contributed by atoms with van der Waals surface area (Å²) in [6, 6.07) is 1.87. The third-order valence-electron chi connectivity index (χ3n) is 2.24. The molecule has 1 aromatic rings. The van der Waals surface area contributed by atoms with Crippen LogP contribution >= 0.6 is 12.2 Å². The van der Waals surface area contributed by atoms with Crippen molar-refractivity contribution in [2.75, 3.05) is 6.54 Å². The van der Waals surface area contributed by atoms with Gasteiger partial charge in [-0.05, 0) is 19.4 Å². The predicted molar refractivity (Wildman–Crippen MR) is 65.8 cm³/mol. The third-order valence-corrected chi connectivity index (χ3v) is 2.60. The Bertz CT molecular complexity index is 350. The molecule has 1 heterocycles. The molecule has 0 aromatic carbocycles. The van der Waals surface area contributed by atoms with E-state index in [-0.39, 0.29) is 10.9 Å². The first-order valence-electron chi connectivity index (χ1n) is 5.15. The SMILES string of the molecule is CC(C(=O)NCCCn1cccn1)C(N)=S. The molecule has 16 heavy (non-hydrogen) atoms. The number of rotatable bonds is 6. The molecule has 0 aliphatic rings. The molecule has 0 fully saturated rings. The molecule has 0 radical (unpaired) electrons. The molecule has 0 aliphatic heterocycles. The second-order valence-corrected chi connectivity index (χ2v) is 4.01. The highest BCUT2D eigenvalue weighted by atomic mass is 32.1. The molecule has 1 amide bonds. The molecule has 1 unspecified atom stereocenters. The molecule has 3 N–H and O–H groups in total. The predicted octanol–water partition coefficient (Wildman–Crippen LogP) is 0.312. The van der Waals surface area contributed by atoms with Gasteiger partial charge in [-0.1, -0.05) is 12.2 Å². The number of nitrogens with one attached hydrogen (secondary N) is 1. The summed E-state index contributed by atoms with van der Waals surface area (Å²) in [5.74, 6) is -0.521. The standard InChI is InChI=1S/C10H16N4OS/c1-8(9(11)16)10(15)12-4-2-6-14-7-3-5-13-14/h3,5,7-8H,2,4,6H2,1H3,(H2,11,16)(H,12,15). The average Bonchev–Trinajstić information content (AvgIpc) is 2.75. The first kappa shape index (κ1) is 12.6. The number of nitrogens with two attached hydrogens (primary N) is 1. The van der Waals surface area contributed by atoms with Gasteiger partial charge in [0.05, 0.1) is 10.9 Å². The van der Waals surface area contributed by atoms with E-state index in [2.05, 4.69) is 10.4 Å². The molecule has 0 saturated heterocycles. The lowest BCUT2D eigenvalue weighted by molar-refractivity contribution is -0.122. The Morgan fingerprint density at radius 1 is 1.69 bits per heavy atom. The fourth-order valence-corrected chi connectivity index (χ4v) is 1.27. The molecule has 0 saturated carbocycles. The van der Waals surface area contributed by atoms with E-state index in [1.807, 2.05) is 16.9 Å². The normalized spacial score (nSPS) is 12.1. The van der Waals surface area contributed by atoms with Crippen LogP contribution in [0.15, 0.2) is 18.5 Å². The lowest BCUT2D eigenvalue weighted by Gasteiger charge is -2.10. The van der Waals surface area contributed by atoms with Crippen LogP contribution in [0.25, 0.3) is 0 Å². The van der Waals surface area contributed by atoms with Crippen molar-refractivity contribution < 1.29 is 4.79 Å². The van der Waals surface area contributed by atoms with E-state index >= 15 is 0 Å². The number of carbonyl (C=O) groups is 1. The van der Waals surface area contributed by atoms with Crippen LogP contribution in [0.4, 0.5) is 0 Å². The van der Waals surface area contributed by atoms with Crippen molar-refractivity contribution in [3.8, 4) is 0 Å². The second-order valence-electron chi connectivity index (χ2n) is 3.54. The Kier molecular flexibility index (Phi) is 4.91. The van der Waals surface area contributed by atoms with Gasteiger partial charge in [-0.3, -0.25) is 9.48 Å².